The van der Waals surface area contributed by atoms with Gasteiger partial charge in [-0.25, -0.2) is 4.98 Å². The minimum atomic E-state index is 0.390. The summed E-state index contributed by atoms with van der Waals surface area (Å²) >= 11 is 0. The van der Waals surface area contributed by atoms with Crippen molar-refractivity contribution in [2.75, 3.05) is 18.9 Å². The highest BCUT2D eigenvalue weighted by Gasteiger charge is 2.15. The summed E-state index contributed by atoms with van der Waals surface area (Å²) in [6.07, 6.45) is 0. The van der Waals surface area contributed by atoms with Crippen molar-refractivity contribution in [3.8, 4) is 22.8 Å². The molecule has 3 rings (SSSR count). The third-order valence-electron chi connectivity index (χ3n) is 3.06. The van der Waals surface area contributed by atoms with Crippen LogP contribution < -0.4 is 15.2 Å². The van der Waals surface area contributed by atoms with Crippen LogP contribution in [-0.2, 0) is 0 Å². The van der Waals surface area contributed by atoms with Crippen LogP contribution >= 0.6 is 0 Å². The van der Waals surface area contributed by atoms with E-state index in [1.165, 1.54) is 0 Å². The first-order chi connectivity index (χ1) is 9.22. The van der Waals surface area contributed by atoms with Gasteiger partial charge in [-0.05, 0) is 30.3 Å². The molecule has 0 saturated heterocycles. The van der Waals surface area contributed by atoms with Gasteiger partial charge in [0.05, 0.1) is 18.9 Å². The molecule has 1 aromatic heterocycles. The lowest BCUT2D eigenvalue weighted by molar-refractivity contribution is 0.228. The van der Waals surface area contributed by atoms with E-state index in [1.54, 1.807) is 6.07 Å². The Balaban J connectivity index is 1.97. The summed E-state index contributed by atoms with van der Waals surface area (Å²) in [5.74, 6) is 2.46. The van der Waals surface area contributed by atoms with Gasteiger partial charge in [0.25, 0.3) is 0 Å². The molecular formula is C15H16N2O2. The Morgan fingerprint density at radius 3 is 2.68 bits per heavy atom. The molecule has 2 aromatic rings. The predicted molar refractivity (Wildman–Crippen MR) is 74.2 cm³/mol. The standard InChI is InChI=1S/C15H16N2O2/c1-10-8-18-13-6-5-11(7-14(13)19-9-10)12-3-2-4-15(16)17-12/h2-7,10H,8-9H2,1H3,(H2,16,17). The molecule has 0 spiro atoms. The smallest absolute Gasteiger partial charge is 0.161 e. The third-order valence-corrected chi connectivity index (χ3v) is 3.06. The summed E-state index contributed by atoms with van der Waals surface area (Å²) in [5, 5.41) is 0. The average molecular weight is 256 g/mol. The lowest BCUT2D eigenvalue weighted by Gasteiger charge is -2.09. The van der Waals surface area contributed by atoms with E-state index in [1.807, 2.05) is 30.3 Å². The topological polar surface area (TPSA) is 57.4 Å². The van der Waals surface area contributed by atoms with Gasteiger partial charge in [-0.2, -0.15) is 0 Å². The van der Waals surface area contributed by atoms with E-state index in [9.17, 15) is 0 Å². The van der Waals surface area contributed by atoms with E-state index in [4.69, 9.17) is 15.2 Å². The molecule has 2 N–H and O–H groups in total. The SMILES string of the molecule is CC1COc2ccc(-c3cccc(N)n3)cc2OC1. The number of nitrogen functional groups attached to an aromatic ring is 1. The lowest BCUT2D eigenvalue weighted by Crippen LogP contribution is -2.12. The highest BCUT2D eigenvalue weighted by Crippen LogP contribution is 2.34. The molecule has 2 heterocycles. The summed E-state index contributed by atoms with van der Waals surface area (Å²) in [4.78, 5) is 4.31. The van der Waals surface area contributed by atoms with Crippen LogP contribution in [0.25, 0.3) is 11.3 Å². The molecule has 4 heteroatoms. The van der Waals surface area contributed by atoms with Crippen LogP contribution in [0.15, 0.2) is 36.4 Å². The van der Waals surface area contributed by atoms with Crippen LogP contribution in [0.2, 0.25) is 0 Å². The number of hydrogen-bond acceptors (Lipinski definition) is 4. The zero-order valence-corrected chi connectivity index (χ0v) is 10.8. The number of benzene rings is 1. The first-order valence-corrected chi connectivity index (χ1v) is 6.35. The number of nitrogens with two attached hydrogens (primary N) is 1. The molecule has 0 amide bonds. The number of pyridine rings is 1. The largest absolute Gasteiger partial charge is 0.489 e. The van der Waals surface area contributed by atoms with E-state index in [-0.39, 0.29) is 0 Å². The number of hydrogen-bond donors (Lipinski definition) is 1. The van der Waals surface area contributed by atoms with Crippen molar-refractivity contribution in [2.24, 2.45) is 5.92 Å². The Morgan fingerprint density at radius 1 is 1.11 bits per heavy atom. The van der Waals surface area contributed by atoms with Crippen molar-refractivity contribution < 1.29 is 9.47 Å². The first kappa shape index (κ1) is 11.8. The van der Waals surface area contributed by atoms with E-state index in [0.717, 1.165) is 22.8 Å². The number of fused-ring (bicyclic) bond motifs is 1. The highest BCUT2D eigenvalue weighted by molar-refractivity contribution is 5.65. The molecule has 0 fully saturated rings. The van der Waals surface area contributed by atoms with Crippen LogP contribution in [0.1, 0.15) is 6.92 Å². The molecule has 98 valence electrons. The summed E-state index contributed by atoms with van der Waals surface area (Å²) in [5.41, 5.74) is 7.52. The Hall–Kier alpha value is -2.23. The summed E-state index contributed by atoms with van der Waals surface area (Å²) < 4.78 is 11.5. The predicted octanol–water partition coefficient (Wildman–Crippen LogP) is 2.74. The van der Waals surface area contributed by atoms with E-state index < -0.39 is 0 Å². The first-order valence-electron chi connectivity index (χ1n) is 6.35. The monoisotopic (exact) mass is 256 g/mol. The number of rotatable bonds is 1. The van der Waals surface area contributed by atoms with Gasteiger partial charge in [0.15, 0.2) is 11.5 Å². The molecular weight excluding hydrogens is 240 g/mol. The maximum atomic E-state index is 5.77. The maximum Gasteiger partial charge on any atom is 0.161 e. The van der Waals surface area contributed by atoms with Crippen molar-refractivity contribution >= 4 is 5.82 Å². The van der Waals surface area contributed by atoms with Gasteiger partial charge in [0.1, 0.15) is 5.82 Å². The van der Waals surface area contributed by atoms with Crippen LogP contribution in [0.5, 0.6) is 11.5 Å². The summed E-state index contributed by atoms with van der Waals surface area (Å²) in [6.45, 7) is 3.45. The van der Waals surface area contributed by atoms with Crippen LogP contribution in [0.4, 0.5) is 5.82 Å². The quantitative estimate of drug-likeness (QED) is 0.852. The van der Waals surface area contributed by atoms with Crippen molar-refractivity contribution in [1.29, 1.82) is 0 Å². The molecule has 1 aliphatic heterocycles. The Morgan fingerprint density at radius 2 is 1.89 bits per heavy atom. The Bertz CT molecular complexity index is 598. The molecule has 0 radical (unpaired) electrons. The van der Waals surface area contributed by atoms with Crippen LogP contribution in [0.3, 0.4) is 0 Å². The Labute approximate surface area is 112 Å². The number of ether oxygens (including phenoxy) is 2. The molecule has 0 bridgehead atoms. The zero-order valence-electron chi connectivity index (χ0n) is 10.8. The molecule has 0 aliphatic carbocycles. The van der Waals surface area contributed by atoms with E-state index in [2.05, 4.69) is 11.9 Å². The fraction of sp³-hybridized carbons (Fsp3) is 0.267. The molecule has 1 atom stereocenters. The summed E-state index contributed by atoms with van der Waals surface area (Å²) in [6, 6.07) is 11.4. The van der Waals surface area contributed by atoms with E-state index >= 15 is 0 Å². The number of nitrogens with zero attached hydrogens (tertiary/aromatic N) is 1. The van der Waals surface area contributed by atoms with Gasteiger partial charge in [-0.15, -0.1) is 0 Å². The molecule has 19 heavy (non-hydrogen) atoms. The highest BCUT2D eigenvalue weighted by atomic mass is 16.5. The van der Waals surface area contributed by atoms with Gasteiger partial charge in [-0.1, -0.05) is 13.0 Å². The van der Waals surface area contributed by atoms with Gasteiger partial charge >= 0.3 is 0 Å². The van der Waals surface area contributed by atoms with Gasteiger partial charge in [0, 0.05) is 11.5 Å². The molecule has 1 unspecified atom stereocenters. The number of anilines is 1. The Kier molecular flexibility index (Phi) is 2.99. The normalized spacial score (nSPS) is 17.8. The van der Waals surface area contributed by atoms with E-state index in [0.29, 0.717) is 24.9 Å². The lowest BCUT2D eigenvalue weighted by atomic mass is 10.1. The van der Waals surface area contributed by atoms with Gasteiger partial charge in [-0.3, -0.25) is 0 Å². The van der Waals surface area contributed by atoms with Crippen molar-refractivity contribution in [3.05, 3.63) is 36.4 Å². The number of aromatic nitrogens is 1. The van der Waals surface area contributed by atoms with Crippen molar-refractivity contribution in [2.45, 2.75) is 6.92 Å². The third kappa shape index (κ3) is 2.47. The molecule has 1 aliphatic rings. The summed E-state index contributed by atoms with van der Waals surface area (Å²) in [7, 11) is 0. The second kappa shape index (κ2) is 4.80. The molecule has 4 nitrogen and oxygen atoms in total. The van der Waals surface area contributed by atoms with Crippen molar-refractivity contribution in [3.63, 3.8) is 0 Å². The fourth-order valence-corrected chi connectivity index (χ4v) is 2.02. The molecule has 0 saturated carbocycles. The second-order valence-electron chi connectivity index (χ2n) is 4.84. The second-order valence-corrected chi connectivity index (χ2v) is 4.84. The van der Waals surface area contributed by atoms with Crippen LogP contribution in [-0.4, -0.2) is 18.2 Å². The maximum absolute atomic E-state index is 5.77. The molecule has 1 aromatic carbocycles. The van der Waals surface area contributed by atoms with Crippen LogP contribution in [0, 0.1) is 5.92 Å². The average Bonchev–Trinajstić information content (AvgIpc) is 2.61. The van der Waals surface area contributed by atoms with Gasteiger partial charge < -0.3 is 15.2 Å². The zero-order chi connectivity index (χ0) is 13.2. The van der Waals surface area contributed by atoms with Crippen molar-refractivity contribution in [1.82, 2.24) is 4.98 Å². The minimum absolute atomic E-state index is 0.390. The fourth-order valence-electron chi connectivity index (χ4n) is 2.02. The van der Waals surface area contributed by atoms with Gasteiger partial charge in [0.2, 0.25) is 0 Å². The minimum Gasteiger partial charge on any atom is -0.489 e.